The summed E-state index contributed by atoms with van der Waals surface area (Å²) in [4.78, 5) is 27.4. The number of anilines is 2. The van der Waals surface area contributed by atoms with Crippen molar-refractivity contribution >= 4 is 50.9 Å². The van der Waals surface area contributed by atoms with Crippen LogP contribution in [-0.2, 0) is 14.9 Å². The predicted octanol–water partition coefficient (Wildman–Crippen LogP) is 6.95. The summed E-state index contributed by atoms with van der Waals surface area (Å²) in [6, 6.07) is 21.1. The third-order valence-electron chi connectivity index (χ3n) is 6.50. The van der Waals surface area contributed by atoms with Gasteiger partial charge < -0.3 is 19.7 Å². The van der Waals surface area contributed by atoms with Crippen LogP contribution >= 0.6 is 27.5 Å². The van der Waals surface area contributed by atoms with Gasteiger partial charge in [-0.1, -0.05) is 76.1 Å². The van der Waals surface area contributed by atoms with Crippen LogP contribution in [0.3, 0.4) is 0 Å². The molecule has 1 fully saturated rings. The maximum Gasteiger partial charge on any atom is 0.411 e. The Labute approximate surface area is 236 Å². The molecule has 200 valence electrons. The maximum absolute atomic E-state index is 12.6. The molecule has 0 unspecified atom stereocenters. The van der Waals surface area contributed by atoms with E-state index in [4.69, 9.17) is 21.1 Å². The van der Waals surface area contributed by atoms with E-state index in [1.165, 1.54) is 0 Å². The van der Waals surface area contributed by atoms with Crippen LogP contribution in [0.5, 0.6) is 5.75 Å². The molecule has 9 heteroatoms. The molecule has 4 rings (SSSR count). The van der Waals surface area contributed by atoms with Gasteiger partial charge >= 0.3 is 6.09 Å². The minimum absolute atomic E-state index is 0.115. The Morgan fingerprint density at radius 3 is 2.42 bits per heavy atom. The summed E-state index contributed by atoms with van der Waals surface area (Å²) in [5.41, 5.74) is 4.13. The normalized spacial score (nSPS) is 14.1. The van der Waals surface area contributed by atoms with Gasteiger partial charge in [-0.2, -0.15) is 0 Å². The molecule has 0 radical (unpaired) electrons. The van der Waals surface area contributed by atoms with Crippen LogP contribution < -0.4 is 15.4 Å². The number of piperidine rings is 1. The second-order valence-corrected chi connectivity index (χ2v) is 10.0. The Kier molecular flexibility index (Phi) is 10.0. The number of benzene rings is 3. The molecule has 0 bridgehead atoms. The summed E-state index contributed by atoms with van der Waals surface area (Å²) in [6.07, 6.45) is 1.15. The molecule has 38 heavy (non-hydrogen) atoms. The molecule has 0 aliphatic carbocycles. The largest absolute Gasteiger partial charge is 0.496 e. The number of para-hydroxylation sites is 1. The Hall–Kier alpha value is -3.07. The first kappa shape index (κ1) is 28.0. The van der Waals surface area contributed by atoms with Gasteiger partial charge in [-0.3, -0.25) is 10.1 Å². The third kappa shape index (κ3) is 7.49. The number of methoxy groups -OCH3 is 1. The Morgan fingerprint density at radius 1 is 1.00 bits per heavy atom. The van der Waals surface area contributed by atoms with E-state index in [0.29, 0.717) is 53.3 Å². The number of hydrogen-bond acceptors (Lipinski definition) is 5. The van der Waals surface area contributed by atoms with Crippen LogP contribution in [0.25, 0.3) is 11.1 Å². The van der Waals surface area contributed by atoms with E-state index in [1.54, 1.807) is 19.2 Å². The highest BCUT2D eigenvalue weighted by Crippen LogP contribution is 2.32. The van der Waals surface area contributed by atoms with E-state index in [-0.39, 0.29) is 12.0 Å². The van der Waals surface area contributed by atoms with Gasteiger partial charge in [0.15, 0.2) is 0 Å². The van der Waals surface area contributed by atoms with Gasteiger partial charge in [0.05, 0.1) is 23.5 Å². The highest BCUT2D eigenvalue weighted by Gasteiger charge is 2.23. The molecule has 1 aliphatic rings. The lowest BCUT2D eigenvalue weighted by molar-refractivity contribution is -0.116. The van der Waals surface area contributed by atoms with Crippen molar-refractivity contribution in [3.8, 4) is 16.9 Å². The summed E-state index contributed by atoms with van der Waals surface area (Å²) in [7, 11) is 1.58. The quantitative estimate of drug-likeness (QED) is 0.260. The van der Waals surface area contributed by atoms with Crippen molar-refractivity contribution in [3.05, 3.63) is 77.3 Å². The molecule has 3 aromatic rings. The van der Waals surface area contributed by atoms with Gasteiger partial charge in [-0.15, -0.1) is 0 Å². The number of nitrogens with one attached hydrogen (secondary N) is 2. The molecular weight excluding hydrogens is 570 g/mol. The number of ether oxygens (including phenoxy) is 2. The van der Waals surface area contributed by atoms with Gasteiger partial charge in [0, 0.05) is 48.6 Å². The van der Waals surface area contributed by atoms with Crippen molar-refractivity contribution in [2.24, 2.45) is 0 Å². The first-order valence-electron chi connectivity index (χ1n) is 12.5. The highest BCUT2D eigenvalue weighted by atomic mass is 79.9. The standard InChI is InChI=1S/C29H31BrClN3O4/c1-37-27-18-26(24(31)17-21(27)19-30)32-28(35)13-16-34-14-11-22(12-15-34)38-29(36)33-25-10-6-5-9-23(25)20-7-3-2-4-8-20/h2-10,17-18,22H,11-16,19H2,1H3,(H,32,35)(H,33,36). The van der Waals surface area contributed by atoms with Crippen molar-refractivity contribution < 1.29 is 19.1 Å². The molecule has 7 nitrogen and oxygen atoms in total. The second kappa shape index (κ2) is 13.6. The molecule has 0 atom stereocenters. The van der Waals surface area contributed by atoms with Crippen molar-refractivity contribution in [3.63, 3.8) is 0 Å². The molecule has 1 saturated heterocycles. The van der Waals surface area contributed by atoms with Gasteiger partial charge in [-0.25, -0.2) is 4.79 Å². The number of hydrogen-bond donors (Lipinski definition) is 2. The first-order valence-corrected chi connectivity index (χ1v) is 14.0. The summed E-state index contributed by atoms with van der Waals surface area (Å²) >= 11 is 9.74. The van der Waals surface area contributed by atoms with Crippen LogP contribution in [0.4, 0.5) is 16.2 Å². The van der Waals surface area contributed by atoms with Gasteiger partial charge in [0.25, 0.3) is 0 Å². The van der Waals surface area contributed by atoms with Crippen molar-refractivity contribution in [1.29, 1.82) is 0 Å². The van der Waals surface area contributed by atoms with Crippen molar-refractivity contribution in [1.82, 2.24) is 4.90 Å². The van der Waals surface area contributed by atoms with E-state index < -0.39 is 6.09 Å². The Balaban J connectivity index is 1.21. The zero-order valence-electron chi connectivity index (χ0n) is 21.2. The number of likely N-dealkylation sites (tertiary alicyclic amines) is 1. The zero-order valence-corrected chi connectivity index (χ0v) is 23.6. The third-order valence-corrected chi connectivity index (χ3v) is 7.42. The summed E-state index contributed by atoms with van der Waals surface area (Å²) in [6.45, 7) is 2.12. The topological polar surface area (TPSA) is 79.9 Å². The fraction of sp³-hybridized carbons (Fsp3) is 0.310. The number of nitrogens with zero attached hydrogens (tertiary/aromatic N) is 1. The summed E-state index contributed by atoms with van der Waals surface area (Å²) < 4.78 is 11.1. The lowest BCUT2D eigenvalue weighted by Crippen LogP contribution is -2.39. The van der Waals surface area contributed by atoms with E-state index in [9.17, 15) is 9.59 Å². The van der Waals surface area contributed by atoms with Crippen LogP contribution in [0, 0.1) is 0 Å². The van der Waals surface area contributed by atoms with E-state index in [0.717, 1.165) is 29.8 Å². The van der Waals surface area contributed by atoms with Crippen molar-refractivity contribution in [2.75, 3.05) is 37.4 Å². The van der Waals surface area contributed by atoms with E-state index in [2.05, 4.69) is 31.5 Å². The number of alkyl halides is 1. The monoisotopic (exact) mass is 599 g/mol. The minimum Gasteiger partial charge on any atom is -0.496 e. The lowest BCUT2D eigenvalue weighted by atomic mass is 10.0. The number of amides is 2. The fourth-order valence-corrected chi connectivity index (χ4v) is 5.13. The number of rotatable bonds is 9. The minimum atomic E-state index is -0.454. The van der Waals surface area contributed by atoms with Crippen LogP contribution in [0.15, 0.2) is 66.7 Å². The lowest BCUT2D eigenvalue weighted by Gasteiger charge is -2.31. The number of carbonyl (C=O) groups is 2. The molecule has 1 heterocycles. The van der Waals surface area contributed by atoms with Crippen molar-refractivity contribution in [2.45, 2.75) is 30.7 Å². The zero-order chi connectivity index (χ0) is 26.9. The first-order chi connectivity index (χ1) is 18.5. The molecule has 0 spiro atoms. The van der Waals surface area contributed by atoms with E-state index >= 15 is 0 Å². The second-order valence-electron chi connectivity index (χ2n) is 9.06. The molecule has 2 amide bonds. The van der Waals surface area contributed by atoms with E-state index in [1.807, 2.05) is 54.6 Å². The molecular formula is C29H31BrClN3O4. The highest BCUT2D eigenvalue weighted by molar-refractivity contribution is 9.08. The summed E-state index contributed by atoms with van der Waals surface area (Å²) in [5, 5.41) is 6.85. The summed E-state index contributed by atoms with van der Waals surface area (Å²) in [5.74, 6) is 0.548. The van der Waals surface area contributed by atoms with Gasteiger partial charge in [-0.05, 0) is 30.5 Å². The molecule has 0 saturated carbocycles. The Morgan fingerprint density at radius 2 is 1.71 bits per heavy atom. The Bertz CT molecular complexity index is 1250. The average molecular weight is 601 g/mol. The molecule has 0 aromatic heterocycles. The molecule has 1 aliphatic heterocycles. The maximum atomic E-state index is 12.6. The van der Waals surface area contributed by atoms with Gasteiger partial charge in [0.2, 0.25) is 5.91 Å². The number of carbonyl (C=O) groups excluding carboxylic acids is 2. The molecule has 3 aromatic carbocycles. The van der Waals surface area contributed by atoms with Gasteiger partial charge in [0.1, 0.15) is 11.9 Å². The molecule has 2 N–H and O–H groups in total. The van der Waals surface area contributed by atoms with Crippen LogP contribution in [0.1, 0.15) is 24.8 Å². The smallest absolute Gasteiger partial charge is 0.411 e. The SMILES string of the molecule is COc1cc(NC(=O)CCN2CCC(OC(=O)Nc3ccccc3-c3ccccc3)CC2)c(Cl)cc1CBr. The van der Waals surface area contributed by atoms with Crippen LogP contribution in [0.2, 0.25) is 5.02 Å². The number of halogens is 2. The predicted molar refractivity (Wildman–Crippen MR) is 155 cm³/mol. The van der Waals surface area contributed by atoms with Crippen LogP contribution in [-0.4, -0.2) is 49.7 Å². The fourth-order valence-electron chi connectivity index (χ4n) is 4.46. The average Bonchev–Trinajstić information content (AvgIpc) is 2.94.